The van der Waals surface area contributed by atoms with E-state index in [-0.39, 0.29) is 17.2 Å². The van der Waals surface area contributed by atoms with Crippen LogP contribution in [0.4, 0.5) is 0 Å². The molecular weight excluding hydrogens is 448 g/mol. The highest BCUT2D eigenvalue weighted by Gasteiger charge is 2.45. The molecule has 36 heavy (non-hydrogen) atoms. The van der Waals surface area contributed by atoms with E-state index in [9.17, 15) is 9.59 Å². The summed E-state index contributed by atoms with van der Waals surface area (Å²) >= 11 is 0. The van der Waals surface area contributed by atoms with Crippen molar-refractivity contribution in [2.45, 2.75) is 94.8 Å². The molecule has 7 rings (SSSR count). The molecule has 2 aromatic heterocycles. The summed E-state index contributed by atoms with van der Waals surface area (Å²) < 4.78 is 2.03. The van der Waals surface area contributed by atoms with Gasteiger partial charge < -0.3 is 9.55 Å². The number of aromatic amines is 1. The van der Waals surface area contributed by atoms with Gasteiger partial charge in [-0.25, -0.2) is 4.98 Å². The van der Waals surface area contributed by atoms with Crippen LogP contribution in [0.3, 0.4) is 0 Å². The van der Waals surface area contributed by atoms with Gasteiger partial charge in [-0.2, -0.15) is 0 Å². The number of pyridine rings is 1. The van der Waals surface area contributed by atoms with Gasteiger partial charge in [0.2, 0.25) is 5.56 Å². The SMILES string of the molecule is O=c1cccc(-c2nc3ccccc3n([C@H]3C[C@H]4CCC[C@@H](C3)N4[C@H]3C[C@@H]4CCC[C@@H](C4)C3)c2=O)[nH]1. The van der Waals surface area contributed by atoms with Crippen molar-refractivity contribution in [2.24, 2.45) is 11.8 Å². The third-order valence-electron chi connectivity index (χ3n) is 9.71. The number of hydrogen-bond acceptors (Lipinski definition) is 4. The molecule has 0 unspecified atom stereocenters. The maximum atomic E-state index is 14.0. The van der Waals surface area contributed by atoms with Crippen molar-refractivity contribution < 1.29 is 0 Å². The van der Waals surface area contributed by atoms with Gasteiger partial charge in [-0.05, 0) is 75.0 Å². The summed E-state index contributed by atoms with van der Waals surface area (Å²) in [6.45, 7) is 0. The fraction of sp³-hybridized carbons (Fsp3) is 0.567. The van der Waals surface area contributed by atoms with Crippen LogP contribution in [0.5, 0.6) is 0 Å². The number of para-hydroxylation sites is 2. The predicted molar refractivity (Wildman–Crippen MR) is 142 cm³/mol. The lowest BCUT2D eigenvalue weighted by atomic mass is 9.68. The number of aromatic nitrogens is 3. The van der Waals surface area contributed by atoms with Gasteiger partial charge in [0, 0.05) is 30.2 Å². The molecule has 6 heteroatoms. The molecule has 4 bridgehead atoms. The number of rotatable bonds is 3. The van der Waals surface area contributed by atoms with Gasteiger partial charge in [-0.1, -0.05) is 43.9 Å². The van der Waals surface area contributed by atoms with E-state index in [1.807, 2.05) is 28.8 Å². The Morgan fingerprint density at radius 3 is 2.19 bits per heavy atom. The molecule has 4 heterocycles. The Balaban J connectivity index is 1.27. The van der Waals surface area contributed by atoms with E-state index in [0.29, 0.717) is 23.5 Å². The molecule has 0 radical (unpaired) electrons. The van der Waals surface area contributed by atoms with E-state index in [1.165, 1.54) is 63.9 Å². The van der Waals surface area contributed by atoms with Crippen LogP contribution in [-0.2, 0) is 0 Å². The van der Waals surface area contributed by atoms with Gasteiger partial charge in [0.05, 0.1) is 16.7 Å². The number of hydrogen-bond donors (Lipinski definition) is 1. The molecule has 4 fully saturated rings. The topological polar surface area (TPSA) is 71.0 Å². The summed E-state index contributed by atoms with van der Waals surface area (Å²) in [6.07, 6.45) is 14.4. The molecule has 0 amide bonds. The molecule has 188 valence electrons. The zero-order chi connectivity index (χ0) is 24.2. The highest BCUT2D eigenvalue weighted by Crippen LogP contribution is 2.47. The van der Waals surface area contributed by atoms with Crippen LogP contribution in [0.25, 0.3) is 22.4 Å². The molecule has 2 aliphatic heterocycles. The molecular formula is C30H36N4O2. The van der Waals surface area contributed by atoms with Crippen molar-refractivity contribution in [1.29, 1.82) is 0 Å². The number of H-pyrrole nitrogens is 1. The van der Waals surface area contributed by atoms with Crippen LogP contribution in [0, 0.1) is 11.8 Å². The van der Waals surface area contributed by atoms with E-state index in [4.69, 9.17) is 4.98 Å². The summed E-state index contributed by atoms with van der Waals surface area (Å²) in [4.78, 5) is 36.5. The molecule has 6 nitrogen and oxygen atoms in total. The zero-order valence-corrected chi connectivity index (χ0v) is 20.9. The molecule has 2 aliphatic carbocycles. The summed E-state index contributed by atoms with van der Waals surface area (Å²) in [5.41, 5.74) is 2.27. The number of nitrogens with zero attached hydrogens (tertiary/aromatic N) is 3. The maximum absolute atomic E-state index is 14.0. The predicted octanol–water partition coefficient (Wildman–Crippen LogP) is 5.28. The van der Waals surface area contributed by atoms with E-state index >= 15 is 0 Å². The van der Waals surface area contributed by atoms with Crippen molar-refractivity contribution in [3.05, 3.63) is 63.2 Å². The van der Waals surface area contributed by atoms with Gasteiger partial charge in [0.25, 0.3) is 5.56 Å². The highest BCUT2D eigenvalue weighted by atomic mass is 16.1. The summed E-state index contributed by atoms with van der Waals surface area (Å²) in [7, 11) is 0. The van der Waals surface area contributed by atoms with Crippen LogP contribution in [-0.4, -0.2) is 37.6 Å². The number of piperidine rings is 2. The Kier molecular flexibility index (Phi) is 5.61. The minimum atomic E-state index is -0.214. The third-order valence-corrected chi connectivity index (χ3v) is 9.71. The van der Waals surface area contributed by atoms with Gasteiger partial charge in [-0.15, -0.1) is 0 Å². The van der Waals surface area contributed by atoms with Crippen LogP contribution >= 0.6 is 0 Å². The van der Waals surface area contributed by atoms with Crippen LogP contribution < -0.4 is 11.1 Å². The Morgan fingerprint density at radius 1 is 0.722 bits per heavy atom. The van der Waals surface area contributed by atoms with Crippen molar-refractivity contribution in [3.63, 3.8) is 0 Å². The standard InChI is InChI=1S/C30H36N4O2/c35-28-13-5-11-26(31-28)29-30(36)34(27-12-2-1-10-25(27)32-29)24-17-21-8-4-9-22(18-24)33(21)23-15-19-6-3-7-20(14-19)16-23/h1-2,5,10-13,19-24H,3-4,6-9,14-18H2,(H,31,35)/t19-,20+,21-,22+,23+,24+. The molecule has 1 N–H and O–H groups in total. The number of fused-ring (bicyclic) bond motifs is 5. The Morgan fingerprint density at radius 2 is 1.44 bits per heavy atom. The van der Waals surface area contributed by atoms with Crippen LogP contribution in [0.15, 0.2) is 52.1 Å². The smallest absolute Gasteiger partial charge is 0.279 e. The summed E-state index contributed by atoms with van der Waals surface area (Å²) in [6, 6.07) is 14.9. The summed E-state index contributed by atoms with van der Waals surface area (Å²) in [5, 5.41) is 0. The fourth-order valence-electron chi connectivity index (χ4n) is 8.41. The second-order valence-corrected chi connectivity index (χ2v) is 11.9. The zero-order valence-electron chi connectivity index (χ0n) is 20.9. The van der Waals surface area contributed by atoms with Crippen molar-refractivity contribution in [1.82, 2.24) is 19.4 Å². The maximum Gasteiger partial charge on any atom is 0.279 e. The second-order valence-electron chi connectivity index (χ2n) is 11.9. The largest absolute Gasteiger partial charge is 0.320 e. The molecule has 0 spiro atoms. The number of nitrogens with one attached hydrogen (secondary N) is 1. The first-order valence-electron chi connectivity index (χ1n) is 14.1. The lowest BCUT2D eigenvalue weighted by Crippen LogP contribution is -2.58. The van der Waals surface area contributed by atoms with Gasteiger partial charge >= 0.3 is 0 Å². The second kappa shape index (κ2) is 8.98. The fourth-order valence-corrected chi connectivity index (χ4v) is 8.41. The average molecular weight is 485 g/mol. The van der Waals surface area contributed by atoms with Crippen LogP contribution in [0.2, 0.25) is 0 Å². The Labute approximate surface area is 211 Å². The minimum Gasteiger partial charge on any atom is -0.320 e. The molecule has 4 aliphatic rings. The quantitative estimate of drug-likeness (QED) is 0.549. The normalized spacial score (nSPS) is 32.4. The monoisotopic (exact) mass is 484 g/mol. The summed E-state index contributed by atoms with van der Waals surface area (Å²) in [5.74, 6) is 1.87. The van der Waals surface area contributed by atoms with Crippen molar-refractivity contribution >= 4 is 11.0 Å². The van der Waals surface area contributed by atoms with E-state index in [0.717, 1.165) is 41.8 Å². The molecule has 1 aromatic carbocycles. The van der Waals surface area contributed by atoms with Crippen molar-refractivity contribution in [3.8, 4) is 11.4 Å². The first-order chi connectivity index (χ1) is 17.6. The average Bonchev–Trinajstić information content (AvgIpc) is 2.87. The van der Waals surface area contributed by atoms with Gasteiger partial charge in [-0.3, -0.25) is 14.5 Å². The van der Waals surface area contributed by atoms with E-state index < -0.39 is 0 Å². The molecule has 2 saturated carbocycles. The van der Waals surface area contributed by atoms with E-state index in [1.54, 1.807) is 12.1 Å². The Bertz CT molecular complexity index is 1370. The highest BCUT2D eigenvalue weighted by molar-refractivity contribution is 5.77. The molecule has 3 aromatic rings. The van der Waals surface area contributed by atoms with Gasteiger partial charge in [0.1, 0.15) is 0 Å². The molecule has 2 saturated heterocycles. The Hall–Kier alpha value is -2.73. The van der Waals surface area contributed by atoms with E-state index in [2.05, 4.69) is 9.88 Å². The minimum absolute atomic E-state index is 0.0840. The first kappa shape index (κ1) is 22.5. The third kappa shape index (κ3) is 3.85. The first-order valence-corrected chi connectivity index (χ1v) is 14.1. The van der Waals surface area contributed by atoms with Crippen molar-refractivity contribution in [2.75, 3.05) is 0 Å². The van der Waals surface area contributed by atoms with Crippen LogP contribution in [0.1, 0.15) is 76.7 Å². The number of benzene rings is 1. The lowest BCUT2D eigenvalue weighted by molar-refractivity contribution is -0.0485. The molecule has 6 atom stereocenters. The van der Waals surface area contributed by atoms with Gasteiger partial charge in [0.15, 0.2) is 5.69 Å². The lowest BCUT2D eigenvalue weighted by Gasteiger charge is -2.55.